The molecule has 5 heteroatoms. The SMILES string of the molecule is CC(C)(C)OC(=O)NOCC1(CCN)CCCCCC1. The molecule has 0 heterocycles. The highest BCUT2D eigenvalue weighted by Gasteiger charge is 2.31. The lowest BCUT2D eigenvalue weighted by Crippen LogP contribution is -2.37. The number of hydrogen-bond acceptors (Lipinski definition) is 4. The highest BCUT2D eigenvalue weighted by atomic mass is 16.7. The summed E-state index contributed by atoms with van der Waals surface area (Å²) in [6, 6.07) is 0. The monoisotopic (exact) mass is 286 g/mol. The van der Waals surface area contributed by atoms with Crippen LogP contribution >= 0.6 is 0 Å². The molecule has 1 aliphatic carbocycles. The number of hydrogen-bond donors (Lipinski definition) is 2. The molecule has 1 amide bonds. The summed E-state index contributed by atoms with van der Waals surface area (Å²) < 4.78 is 5.14. The minimum absolute atomic E-state index is 0.111. The zero-order chi connectivity index (χ0) is 15.1. The summed E-state index contributed by atoms with van der Waals surface area (Å²) in [5.41, 5.74) is 7.73. The van der Waals surface area contributed by atoms with Gasteiger partial charge in [-0.15, -0.1) is 0 Å². The van der Waals surface area contributed by atoms with Crippen LogP contribution in [0, 0.1) is 5.41 Å². The van der Waals surface area contributed by atoms with Crippen LogP contribution in [0.4, 0.5) is 4.79 Å². The fraction of sp³-hybridized carbons (Fsp3) is 0.933. The van der Waals surface area contributed by atoms with Crippen LogP contribution in [0.2, 0.25) is 0 Å². The molecule has 0 atom stereocenters. The second-order valence-corrected chi connectivity index (χ2v) is 6.85. The highest BCUT2D eigenvalue weighted by Crippen LogP contribution is 2.37. The third kappa shape index (κ3) is 6.57. The Morgan fingerprint density at radius 1 is 1.20 bits per heavy atom. The molecule has 1 fully saturated rings. The van der Waals surface area contributed by atoms with E-state index < -0.39 is 11.7 Å². The molecular formula is C15H30N2O3. The molecule has 0 bridgehead atoms. The quantitative estimate of drug-likeness (QED) is 0.601. The van der Waals surface area contributed by atoms with Crippen molar-refractivity contribution in [3.63, 3.8) is 0 Å². The van der Waals surface area contributed by atoms with Gasteiger partial charge in [0.25, 0.3) is 0 Å². The molecule has 0 aromatic rings. The van der Waals surface area contributed by atoms with E-state index in [1.165, 1.54) is 25.7 Å². The van der Waals surface area contributed by atoms with Gasteiger partial charge < -0.3 is 10.5 Å². The van der Waals surface area contributed by atoms with Gasteiger partial charge >= 0.3 is 6.09 Å². The topological polar surface area (TPSA) is 73.6 Å². The van der Waals surface area contributed by atoms with E-state index in [0.29, 0.717) is 13.2 Å². The van der Waals surface area contributed by atoms with Crippen molar-refractivity contribution in [1.82, 2.24) is 5.48 Å². The van der Waals surface area contributed by atoms with Gasteiger partial charge in [0.05, 0.1) is 6.61 Å². The Hall–Kier alpha value is -0.810. The normalized spacial score (nSPS) is 19.2. The minimum atomic E-state index is -0.533. The van der Waals surface area contributed by atoms with Crippen LogP contribution in [0.5, 0.6) is 0 Å². The van der Waals surface area contributed by atoms with E-state index in [1.54, 1.807) is 0 Å². The van der Waals surface area contributed by atoms with Gasteiger partial charge in [-0.25, -0.2) is 4.79 Å². The van der Waals surface area contributed by atoms with Gasteiger partial charge in [0.2, 0.25) is 0 Å². The summed E-state index contributed by atoms with van der Waals surface area (Å²) in [6.45, 7) is 6.66. The third-order valence-corrected chi connectivity index (χ3v) is 3.77. The van der Waals surface area contributed by atoms with Crippen molar-refractivity contribution in [3.8, 4) is 0 Å². The standard InChI is InChI=1S/C15H30N2O3/c1-14(2,3)20-13(18)17-19-12-15(10-11-16)8-6-4-5-7-9-15/h4-12,16H2,1-3H3,(H,17,18). The van der Waals surface area contributed by atoms with Crippen LogP contribution in [0.3, 0.4) is 0 Å². The number of carbonyl (C=O) groups excluding carboxylic acids is 1. The van der Waals surface area contributed by atoms with Crippen molar-refractivity contribution in [2.45, 2.75) is 71.3 Å². The Morgan fingerprint density at radius 2 is 1.80 bits per heavy atom. The molecular weight excluding hydrogens is 256 g/mol. The van der Waals surface area contributed by atoms with E-state index in [2.05, 4.69) is 5.48 Å². The molecule has 1 rings (SSSR count). The third-order valence-electron chi connectivity index (χ3n) is 3.77. The van der Waals surface area contributed by atoms with Crippen molar-refractivity contribution in [1.29, 1.82) is 0 Å². The number of amides is 1. The maximum absolute atomic E-state index is 11.5. The molecule has 3 N–H and O–H groups in total. The molecule has 0 unspecified atom stereocenters. The van der Waals surface area contributed by atoms with E-state index in [9.17, 15) is 4.79 Å². The number of nitrogens with one attached hydrogen (secondary N) is 1. The van der Waals surface area contributed by atoms with E-state index in [1.807, 2.05) is 20.8 Å². The fourth-order valence-corrected chi connectivity index (χ4v) is 2.80. The number of rotatable bonds is 5. The van der Waals surface area contributed by atoms with E-state index in [4.69, 9.17) is 15.3 Å². The van der Waals surface area contributed by atoms with Crippen LogP contribution in [0.25, 0.3) is 0 Å². The Balaban J connectivity index is 2.40. The molecule has 1 saturated carbocycles. The predicted octanol–water partition coefficient (Wildman–Crippen LogP) is 3.13. The van der Waals surface area contributed by atoms with Gasteiger partial charge in [0.15, 0.2) is 0 Å². The number of carbonyl (C=O) groups is 1. The van der Waals surface area contributed by atoms with Gasteiger partial charge in [0, 0.05) is 0 Å². The summed E-state index contributed by atoms with van der Waals surface area (Å²) in [6.07, 6.45) is 7.67. The molecule has 5 nitrogen and oxygen atoms in total. The Kier molecular flexibility index (Phi) is 6.76. The van der Waals surface area contributed by atoms with Crippen LogP contribution in [0.15, 0.2) is 0 Å². The molecule has 1 aliphatic rings. The minimum Gasteiger partial charge on any atom is -0.442 e. The average Bonchev–Trinajstić information content (AvgIpc) is 2.53. The summed E-state index contributed by atoms with van der Waals surface area (Å²) in [7, 11) is 0. The fourth-order valence-electron chi connectivity index (χ4n) is 2.80. The second-order valence-electron chi connectivity index (χ2n) is 6.85. The van der Waals surface area contributed by atoms with Crippen molar-refractivity contribution in [2.75, 3.05) is 13.2 Å². The number of hydroxylamine groups is 1. The lowest BCUT2D eigenvalue weighted by Gasteiger charge is -2.32. The summed E-state index contributed by atoms with van der Waals surface area (Å²) in [5.74, 6) is 0. The van der Waals surface area contributed by atoms with Crippen LogP contribution in [0.1, 0.15) is 65.7 Å². The molecule has 20 heavy (non-hydrogen) atoms. The lowest BCUT2D eigenvalue weighted by molar-refractivity contribution is -0.0436. The molecule has 0 radical (unpaired) electrons. The zero-order valence-corrected chi connectivity index (χ0v) is 13.2. The van der Waals surface area contributed by atoms with Crippen LogP contribution in [-0.2, 0) is 9.57 Å². The largest absolute Gasteiger partial charge is 0.442 e. The van der Waals surface area contributed by atoms with Gasteiger partial charge in [-0.05, 0) is 52.0 Å². The molecule has 0 spiro atoms. The Labute approximate surface area is 122 Å². The Bertz CT molecular complexity index is 292. The summed E-state index contributed by atoms with van der Waals surface area (Å²) in [4.78, 5) is 17.0. The first kappa shape index (κ1) is 17.2. The predicted molar refractivity (Wildman–Crippen MR) is 79.1 cm³/mol. The van der Waals surface area contributed by atoms with Crippen LogP contribution < -0.4 is 11.2 Å². The summed E-state index contributed by atoms with van der Waals surface area (Å²) >= 11 is 0. The van der Waals surface area contributed by atoms with Gasteiger partial charge in [-0.3, -0.25) is 4.84 Å². The van der Waals surface area contributed by atoms with Crippen molar-refractivity contribution in [3.05, 3.63) is 0 Å². The first-order chi connectivity index (χ1) is 9.37. The number of ether oxygens (including phenoxy) is 1. The maximum atomic E-state index is 11.5. The second kappa shape index (κ2) is 7.84. The van der Waals surface area contributed by atoms with Gasteiger partial charge in [-0.2, -0.15) is 5.48 Å². The summed E-state index contributed by atoms with van der Waals surface area (Å²) in [5, 5.41) is 0. The first-order valence-corrected chi connectivity index (χ1v) is 7.68. The number of nitrogens with two attached hydrogens (primary N) is 1. The van der Waals surface area contributed by atoms with E-state index in [-0.39, 0.29) is 5.41 Å². The van der Waals surface area contributed by atoms with Crippen LogP contribution in [-0.4, -0.2) is 24.8 Å². The smallest absolute Gasteiger partial charge is 0.431 e. The maximum Gasteiger partial charge on any atom is 0.431 e. The van der Waals surface area contributed by atoms with E-state index in [0.717, 1.165) is 19.3 Å². The zero-order valence-electron chi connectivity index (χ0n) is 13.2. The Morgan fingerprint density at radius 3 is 2.30 bits per heavy atom. The molecule has 0 aromatic heterocycles. The van der Waals surface area contributed by atoms with Crippen molar-refractivity contribution >= 4 is 6.09 Å². The molecule has 0 aromatic carbocycles. The van der Waals surface area contributed by atoms with Crippen molar-refractivity contribution < 1.29 is 14.4 Å². The highest BCUT2D eigenvalue weighted by molar-refractivity contribution is 5.66. The van der Waals surface area contributed by atoms with Crippen molar-refractivity contribution in [2.24, 2.45) is 11.1 Å². The first-order valence-electron chi connectivity index (χ1n) is 7.68. The lowest BCUT2D eigenvalue weighted by atomic mass is 9.78. The molecule has 0 aliphatic heterocycles. The van der Waals surface area contributed by atoms with Gasteiger partial charge in [0.1, 0.15) is 5.60 Å². The van der Waals surface area contributed by atoms with Gasteiger partial charge in [-0.1, -0.05) is 25.7 Å². The van der Waals surface area contributed by atoms with E-state index >= 15 is 0 Å². The molecule has 0 saturated heterocycles. The average molecular weight is 286 g/mol. The molecule has 118 valence electrons.